The molecule has 3 saturated heterocycles. The van der Waals surface area contributed by atoms with Crippen molar-refractivity contribution in [1.29, 1.82) is 0 Å². The van der Waals surface area contributed by atoms with Gasteiger partial charge in [0, 0.05) is 12.0 Å². The molecule has 0 radical (unpaired) electrons. The average Bonchev–Trinajstić information content (AvgIpc) is 2.75. The van der Waals surface area contributed by atoms with Crippen molar-refractivity contribution in [2.24, 2.45) is 5.92 Å². The fourth-order valence-corrected chi connectivity index (χ4v) is 5.61. The Hall–Kier alpha value is -2.16. The van der Waals surface area contributed by atoms with Crippen LogP contribution in [0.3, 0.4) is 0 Å². The normalized spacial score (nSPS) is 28.3. The molecule has 2 heteroatoms. The van der Waals surface area contributed by atoms with Gasteiger partial charge in [0.1, 0.15) is 18.7 Å². The Morgan fingerprint density at radius 2 is 1.56 bits per heavy atom. The van der Waals surface area contributed by atoms with Gasteiger partial charge in [-0.2, -0.15) is 0 Å². The van der Waals surface area contributed by atoms with E-state index in [0.29, 0.717) is 6.04 Å². The number of aliphatic hydroxyl groups excluding tert-OH is 1. The number of rotatable bonds is 4. The Bertz CT molecular complexity index is 922. The lowest BCUT2D eigenvalue weighted by atomic mass is 9.77. The van der Waals surface area contributed by atoms with E-state index >= 15 is 0 Å². The number of hydrogen-bond acceptors (Lipinski definition) is 1. The van der Waals surface area contributed by atoms with Gasteiger partial charge in [-0.3, -0.25) is 0 Å². The molecule has 0 saturated carbocycles. The molecule has 0 aromatic heterocycles. The summed E-state index contributed by atoms with van der Waals surface area (Å²) in [6, 6.07) is 26.0. The molecule has 6 rings (SSSR count). The molecule has 138 valence electrons. The van der Waals surface area contributed by atoms with Crippen molar-refractivity contribution in [2.75, 3.05) is 13.1 Å². The number of piperidine rings is 3. The van der Waals surface area contributed by atoms with Crippen LogP contribution < -0.4 is 0 Å². The van der Waals surface area contributed by atoms with E-state index in [9.17, 15) is 5.11 Å². The molecule has 0 spiro atoms. The molecule has 1 N–H and O–H groups in total. The van der Waals surface area contributed by atoms with Gasteiger partial charge in [0.15, 0.2) is 0 Å². The minimum absolute atomic E-state index is 0.305. The summed E-state index contributed by atoms with van der Waals surface area (Å²) in [6.07, 6.45) is 3.40. The van der Waals surface area contributed by atoms with Crippen molar-refractivity contribution < 1.29 is 9.59 Å². The fraction of sp³-hybridized carbons (Fsp3) is 0.360. The maximum absolute atomic E-state index is 11.3. The Morgan fingerprint density at radius 3 is 2.37 bits per heavy atom. The van der Waals surface area contributed by atoms with Gasteiger partial charge in [-0.25, -0.2) is 0 Å². The lowest BCUT2D eigenvalue weighted by molar-refractivity contribution is -0.981. The molecular formula is C25H28NO+. The van der Waals surface area contributed by atoms with Crippen molar-refractivity contribution in [3.63, 3.8) is 0 Å². The number of fused-ring (bicyclic) bond motifs is 4. The first kappa shape index (κ1) is 17.0. The Kier molecular flexibility index (Phi) is 4.26. The third kappa shape index (κ3) is 2.97. The van der Waals surface area contributed by atoms with Gasteiger partial charge in [-0.1, -0.05) is 72.8 Å². The first-order valence-corrected chi connectivity index (χ1v) is 10.3. The maximum Gasteiger partial charge on any atom is 0.131 e. The highest BCUT2D eigenvalue weighted by atomic mass is 16.3. The zero-order valence-corrected chi connectivity index (χ0v) is 15.8. The average molecular weight is 359 g/mol. The van der Waals surface area contributed by atoms with Crippen molar-refractivity contribution in [3.05, 3.63) is 83.9 Å². The van der Waals surface area contributed by atoms with Crippen LogP contribution in [-0.4, -0.2) is 28.7 Å². The Balaban J connectivity index is 1.53. The second kappa shape index (κ2) is 6.78. The van der Waals surface area contributed by atoms with Crippen molar-refractivity contribution >= 4 is 10.8 Å². The largest absolute Gasteiger partial charge is 0.382 e. The van der Waals surface area contributed by atoms with Crippen LogP contribution in [0.4, 0.5) is 0 Å². The lowest BCUT2D eigenvalue weighted by Gasteiger charge is -2.56. The predicted molar refractivity (Wildman–Crippen MR) is 110 cm³/mol. The summed E-state index contributed by atoms with van der Waals surface area (Å²) in [5.41, 5.74) is 2.50. The first-order chi connectivity index (χ1) is 13.3. The van der Waals surface area contributed by atoms with Crippen LogP contribution in [-0.2, 0) is 6.54 Å². The molecule has 3 aromatic rings. The van der Waals surface area contributed by atoms with Crippen molar-refractivity contribution in [2.45, 2.75) is 38.0 Å². The Morgan fingerprint density at radius 1 is 0.852 bits per heavy atom. The smallest absolute Gasteiger partial charge is 0.131 e. The summed E-state index contributed by atoms with van der Waals surface area (Å²) < 4.78 is 1.04. The quantitative estimate of drug-likeness (QED) is 0.646. The van der Waals surface area contributed by atoms with E-state index in [0.717, 1.165) is 28.9 Å². The summed E-state index contributed by atoms with van der Waals surface area (Å²) in [4.78, 5) is 0. The molecule has 27 heavy (non-hydrogen) atoms. The van der Waals surface area contributed by atoms with Crippen LogP contribution in [0.5, 0.6) is 0 Å². The van der Waals surface area contributed by atoms with Crippen LogP contribution in [0, 0.1) is 5.92 Å². The van der Waals surface area contributed by atoms with Crippen LogP contribution in [0.15, 0.2) is 72.8 Å². The van der Waals surface area contributed by atoms with Crippen molar-refractivity contribution in [3.8, 4) is 0 Å². The molecule has 0 amide bonds. The Labute approximate surface area is 161 Å². The van der Waals surface area contributed by atoms with Crippen LogP contribution >= 0.6 is 0 Å². The monoisotopic (exact) mass is 358 g/mol. The van der Waals surface area contributed by atoms with Gasteiger partial charge < -0.3 is 9.59 Å². The van der Waals surface area contributed by atoms with E-state index < -0.39 is 0 Å². The van der Waals surface area contributed by atoms with Crippen molar-refractivity contribution in [1.82, 2.24) is 0 Å². The molecule has 0 unspecified atom stereocenters. The number of nitrogens with zero attached hydrogens (tertiary/aromatic N) is 1. The summed E-state index contributed by atoms with van der Waals surface area (Å²) in [7, 11) is 0. The van der Waals surface area contributed by atoms with Gasteiger partial charge in [-0.15, -0.1) is 0 Å². The standard InChI is InChI=1S/C25H28NO/c27-25(21-8-2-1-3-9-21)24-17-19-13-15-26(24,16-14-19)18-22-11-6-10-20-7-4-5-12-23(20)22/h1-12,19,24-25,27H,13-18H2/q+1/t19?,24-,25+,26?/m1/s1. The second-order valence-corrected chi connectivity index (χ2v) is 8.56. The van der Waals surface area contributed by atoms with E-state index in [1.54, 1.807) is 0 Å². The van der Waals surface area contributed by atoms with E-state index in [1.807, 2.05) is 18.2 Å². The predicted octanol–water partition coefficient (Wildman–Crippen LogP) is 5.07. The van der Waals surface area contributed by atoms with E-state index in [1.165, 1.54) is 42.3 Å². The molecule has 2 nitrogen and oxygen atoms in total. The minimum atomic E-state index is -0.371. The van der Waals surface area contributed by atoms with E-state index in [4.69, 9.17) is 0 Å². The second-order valence-electron chi connectivity index (χ2n) is 8.56. The van der Waals surface area contributed by atoms with Crippen LogP contribution in [0.2, 0.25) is 0 Å². The van der Waals surface area contributed by atoms with Gasteiger partial charge in [0.05, 0.1) is 13.1 Å². The summed E-state index contributed by atoms with van der Waals surface area (Å²) in [5.74, 6) is 0.792. The first-order valence-electron chi connectivity index (χ1n) is 10.3. The van der Waals surface area contributed by atoms with E-state index in [2.05, 4.69) is 54.6 Å². The van der Waals surface area contributed by atoms with Gasteiger partial charge in [-0.05, 0) is 35.1 Å². The molecule has 3 aliphatic heterocycles. The molecule has 2 bridgehead atoms. The molecule has 3 fully saturated rings. The third-order valence-corrected chi connectivity index (χ3v) is 7.11. The summed E-state index contributed by atoms with van der Waals surface area (Å²) in [6.45, 7) is 3.42. The van der Waals surface area contributed by atoms with Gasteiger partial charge >= 0.3 is 0 Å². The molecule has 3 aromatic carbocycles. The highest BCUT2D eigenvalue weighted by molar-refractivity contribution is 5.85. The zero-order valence-electron chi connectivity index (χ0n) is 15.8. The van der Waals surface area contributed by atoms with Crippen LogP contribution in [0.25, 0.3) is 10.8 Å². The molecule has 0 aliphatic carbocycles. The maximum atomic E-state index is 11.3. The number of aliphatic hydroxyl groups is 1. The minimum Gasteiger partial charge on any atom is -0.382 e. The number of hydrogen-bond donors (Lipinski definition) is 1. The molecule has 3 heterocycles. The van der Waals surface area contributed by atoms with E-state index in [-0.39, 0.29) is 6.10 Å². The highest BCUT2D eigenvalue weighted by Gasteiger charge is 2.50. The highest BCUT2D eigenvalue weighted by Crippen LogP contribution is 2.45. The molecule has 2 atom stereocenters. The zero-order chi connectivity index (χ0) is 18.3. The summed E-state index contributed by atoms with van der Waals surface area (Å²) in [5, 5.41) is 14.0. The van der Waals surface area contributed by atoms with Gasteiger partial charge in [0.2, 0.25) is 0 Å². The summed E-state index contributed by atoms with van der Waals surface area (Å²) >= 11 is 0. The van der Waals surface area contributed by atoms with Crippen LogP contribution in [0.1, 0.15) is 36.5 Å². The molecule has 3 aliphatic rings. The lowest BCUT2D eigenvalue weighted by Crippen LogP contribution is -2.65. The van der Waals surface area contributed by atoms with Gasteiger partial charge in [0.25, 0.3) is 0 Å². The SMILES string of the molecule is O[C@@H](c1ccccc1)[C@H]1CC2CC[N+]1(Cc1cccc3ccccc13)CC2. The fourth-order valence-electron chi connectivity index (χ4n) is 5.61. The number of quaternary nitrogens is 1. The topological polar surface area (TPSA) is 20.2 Å². The number of benzene rings is 3. The third-order valence-electron chi connectivity index (χ3n) is 7.11. The molecular weight excluding hydrogens is 330 g/mol.